The fraction of sp³-hybridized carbons (Fsp3) is 0.750. The second-order valence-electron chi connectivity index (χ2n) is 3.76. The minimum Gasteiger partial charge on any atom is -0.408 e. The molecule has 98 valence electrons. The molecular formula is C12H23BO3S. The molecule has 0 saturated carbocycles. The zero-order valence-electron chi connectivity index (χ0n) is 11.1. The lowest BCUT2D eigenvalue weighted by Gasteiger charge is -2.10. The first-order chi connectivity index (χ1) is 8.20. The van der Waals surface area contributed by atoms with Crippen molar-refractivity contribution >= 4 is 24.0 Å². The topological polar surface area (TPSA) is 35.5 Å². The smallest absolute Gasteiger partial charge is 0.408 e. The van der Waals surface area contributed by atoms with Gasteiger partial charge in [-0.2, -0.15) is 0 Å². The van der Waals surface area contributed by atoms with Crippen molar-refractivity contribution in [1.82, 2.24) is 0 Å². The standard InChI is InChI=1S/C12H23BO3S/c1-4-6-9-15-13(16-10-7-5-2)8-11-17-12(3)14/h8,11H,4-7,9-10H2,1-3H3/b11-8-. The number of hydrogen-bond acceptors (Lipinski definition) is 4. The molecule has 0 aromatic heterocycles. The van der Waals surface area contributed by atoms with Gasteiger partial charge in [0.25, 0.3) is 0 Å². The summed E-state index contributed by atoms with van der Waals surface area (Å²) in [7, 11) is -0.319. The van der Waals surface area contributed by atoms with Gasteiger partial charge in [-0.05, 0) is 24.2 Å². The summed E-state index contributed by atoms with van der Waals surface area (Å²) < 4.78 is 11.2. The van der Waals surface area contributed by atoms with Gasteiger partial charge in [-0.3, -0.25) is 4.79 Å². The minimum absolute atomic E-state index is 0.0714. The van der Waals surface area contributed by atoms with Crippen molar-refractivity contribution in [3.05, 3.63) is 11.4 Å². The Morgan fingerprint density at radius 3 is 2.12 bits per heavy atom. The molecule has 0 radical (unpaired) electrons. The first-order valence-electron chi connectivity index (χ1n) is 6.27. The van der Waals surface area contributed by atoms with Gasteiger partial charge in [0.05, 0.1) is 0 Å². The minimum atomic E-state index is -0.319. The third kappa shape index (κ3) is 12.0. The summed E-state index contributed by atoms with van der Waals surface area (Å²) >= 11 is 1.16. The molecule has 0 aromatic rings. The second-order valence-corrected chi connectivity index (χ2v) is 4.84. The molecule has 0 aromatic carbocycles. The Kier molecular flexibility index (Phi) is 12.0. The first kappa shape index (κ1) is 16.7. The Morgan fingerprint density at radius 2 is 1.71 bits per heavy atom. The number of thioether (sulfide) groups is 1. The molecule has 17 heavy (non-hydrogen) atoms. The molecule has 0 unspecified atom stereocenters. The van der Waals surface area contributed by atoms with E-state index in [-0.39, 0.29) is 12.2 Å². The molecule has 0 bridgehead atoms. The number of rotatable bonds is 10. The lowest BCUT2D eigenvalue weighted by molar-refractivity contribution is -0.109. The van der Waals surface area contributed by atoms with Crippen LogP contribution in [-0.2, 0) is 14.1 Å². The quantitative estimate of drug-likeness (QED) is 0.444. The van der Waals surface area contributed by atoms with Gasteiger partial charge in [-0.1, -0.05) is 38.5 Å². The van der Waals surface area contributed by atoms with Crippen molar-refractivity contribution in [2.24, 2.45) is 0 Å². The van der Waals surface area contributed by atoms with Crippen LogP contribution < -0.4 is 0 Å². The van der Waals surface area contributed by atoms with Gasteiger partial charge in [0.1, 0.15) is 0 Å². The largest absolute Gasteiger partial charge is 0.486 e. The molecule has 0 N–H and O–H groups in total. The van der Waals surface area contributed by atoms with E-state index < -0.39 is 0 Å². The van der Waals surface area contributed by atoms with Crippen LogP contribution in [-0.4, -0.2) is 25.4 Å². The van der Waals surface area contributed by atoms with Crippen molar-refractivity contribution in [3.8, 4) is 0 Å². The van der Waals surface area contributed by atoms with Crippen molar-refractivity contribution in [2.75, 3.05) is 13.2 Å². The van der Waals surface area contributed by atoms with Crippen LogP contribution >= 0.6 is 11.8 Å². The van der Waals surface area contributed by atoms with E-state index in [1.165, 1.54) is 0 Å². The van der Waals surface area contributed by atoms with E-state index in [4.69, 9.17) is 9.31 Å². The molecular weight excluding hydrogens is 235 g/mol. The number of unbranched alkanes of at least 4 members (excludes halogenated alkanes) is 2. The van der Waals surface area contributed by atoms with E-state index in [2.05, 4.69) is 13.8 Å². The molecule has 0 fully saturated rings. The van der Waals surface area contributed by atoms with Gasteiger partial charge >= 0.3 is 7.12 Å². The molecule has 0 amide bonds. The van der Waals surface area contributed by atoms with Crippen LogP contribution in [0.2, 0.25) is 0 Å². The molecule has 0 heterocycles. The maximum atomic E-state index is 10.8. The summed E-state index contributed by atoms with van der Waals surface area (Å²) in [6.07, 6.45) is 4.27. The van der Waals surface area contributed by atoms with Crippen LogP contribution in [0.3, 0.4) is 0 Å². The first-order valence-corrected chi connectivity index (χ1v) is 7.15. The van der Waals surface area contributed by atoms with Crippen LogP contribution in [0.25, 0.3) is 0 Å². The molecule has 0 rings (SSSR count). The van der Waals surface area contributed by atoms with E-state index in [0.717, 1.165) is 37.4 Å². The highest BCUT2D eigenvalue weighted by Gasteiger charge is 2.13. The Morgan fingerprint density at radius 1 is 1.18 bits per heavy atom. The summed E-state index contributed by atoms with van der Waals surface area (Å²) in [4.78, 5) is 10.8. The SMILES string of the molecule is CCCCOB(/C=C\SC(C)=O)OCCCC. The van der Waals surface area contributed by atoms with E-state index in [9.17, 15) is 4.79 Å². The monoisotopic (exact) mass is 258 g/mol. The fourth-order valence-corrected chi connectivity index (χ4v) is 1.44. The van der Waals surface area contributed by atoms with Crippen LogP contribution in [0.1, 0.15) is 46.5 Å². The van der Waals surface area contributed by atoms with Gasteiger partial charge < -0.3 is 9.31 Å². The average molecular weight is 258 g/mol. The third-order valence-corrected chi connectivity index (χ3v) is 2.65. The average Bonchev–Trinajstić information content (AvgIpc) is 2.28. The zero-order chi connectivity index (χ0) is 12.9. The molecule has 0 saturated heterocycles. The molecule has 3 nitrogen and oxygen atoms in total. The predicted octanol–water partition coefficient (Wildman–Crippen LogP) is 3.44. The predicted molar refractivity (Wildman–Crippen MR) is 74.9 cm³/mol. The molecule has 0 spiro atoms. The van der Waals surface area contributed by atoms with Crippen molar-refractivity contribution in [1.29, 1.82) is 0 Å². The van der Waals surface area contributed by atoms with Crippen LogP contribution in [0, 0.1) is 0 Å². The Bertz CT molecular complexity index is 212. The lowest BCUT2D eigenvalue weighted by atomic mass is 9.91. The zero-order valence-corrected chi connectivity index (χ0v) is 11.9. The second kappa shape index (κ2) is 12.2. The maximum Gasteiger partial charge on any atom is 0.486 e. The van der Waals surface area contributed by atoms with Crippen molar-refractivity contribution < 1.29 is 14.1 Å². The van der Waals surface area contributed by atoms with Gasteiger partial charge in [0.15, 0.2) is 5.12 Å². The molecule has 0 atom stereocenters. The lowest BCUT2D eigenvalue weighted by Crippen LogP contribution is -2.22. The van der Waals surface area contributed by atoms with Crippen molar-refractivity contribution in [2.45, 2.75) is 46.5 Å². The highest BCUT2D eigenvalue weighted by atomic mass is 32.2. The highest BCUT2D eigenvalue weighted by Crippen LogP contribution is 2.05. The molecule has 0 aliphatic rings. The summed E-state index contributed by atoms with van der Waals surface area (Å²) in [5.41, 5.74) is 0. The fourth-order valence-electron chi connectivity index (χ4n) is 1.05. The molecule has 5 heteroatoms. The highest BCUT2D eigenvalue weighted by molar-refractivity contribution is 8.16. The molecule has 0 aliphatic heterocycles. The van der Waals surface area contributed by atoms with Crippen LogP contribution in [0.5, 0.6) is 0 Å². The maximum absolute atomic E-state index is 10.8. The van der Waals surface area contributed by atoms with E-state index in [0.29, 0.717) is 13.2 Å². The van der Waals surface area contributed by atoms with Crippen molar-refractivity contribution in [3.63, 3.8) is 0 Å². The summed E-state index contributed by atoms with van der Waals surface area (Å²) in [5, 5.41) is 1.81. The van der Waals surface area contributed by atoms with E-state index in [1.807, 2.05) is 0 Å². The van der Waals surface area contributed by atoms with Gasteiger partial charge in [0, 0.05) is 20.1 Å². The summed E-state index contributed by atoms with van der Waals surface area (Å²) in [6, 6.07) is 0. The number of carbonyl (C=O) groups is 1. The van der Waals surface area contributed by atoms with Gasteiger partial charge in [-0.25, -0.2) is 0 Å². The third-order valence-electron chi connectivity index (χ3n) is 2.03. The van der Waals surface area contributed by atoms with E-state index >= 15 is 0 Å². The Balaban J connectivity index is 3.90. The van der Waals surface area contributed by atoms with Gasteiger partial charge in [-0.15, -0.1) is 0 Å². The van der Waals surface area contributed by atoms with E-state index in [1.54, 1.807) is 18.3 Å². The van der Waals surface area contributed by atoms with Crippen LogP contribution in [0.15, 0.2) is 11.4 Å². The van der Waals surface area contributed by atoms with Gasteiger partial charge in [0.2, 0.25) is 0 Å². The molecule has 0 aliphatic carbocycles. The summed E-state index contributed by atoms with van der Waals surface area (Å²) in [6.45, 7) is 7.18. The van der Waals surface area contributed by atoms with Crippen LogP contribution in [0.4, 0.5) is 0 Å². The Labute approximate surface area is 109 Å². The summed E-state index contributed by atoms with van der Waals surface area (Å²) in [5.74, 6) is 1.80. The normalized spacial score (nSPS) is 11.0. The number of hydrogen-bond donors (Lipinski definition) is 0. The Hall–Kier alpha value is -0.255. The number of carbonyl (C=O) groups excluding carboxylic acids is 1.